The number of thiazole rings is 1. The molecule has 0 saturated heterocycles. The van der Waals surface area contributed by atoms with Gasteiger partial charge in [-0.25, -0.2) is 4.98 Å². The van der Waals surface area contributed by atoms with Crippen LogP contribution in [0.25, 0.3) is 10.2 Å². The van der Waals surface area contributed by atoms with Gasteiger partial charge in [-0.05, 0) is 12.1 Å². The van der Waals surface area contributed by atoms with Gasteiger partial charge in [0.05, 0.1) is 16.6 Å². The Hall–Kier alpha value is -1.53. The summed E-state index contributed by atoms with van der Waals surface area (Å²) in [7, 11) is 0. The Morgan fingerprint density at radius 1 is 1.06 bits per heavy atom. The molecule has 0 aliphatic rings. The van der Waals surface area contributed by atoms with Crippen molar-refractivity contribution in [1.29, 1.82) is 0 Å². The van der Waals surface area contributed by atoms with Crippen LogP contribution in [0, 0.1) is 0 Å². The van der Waals surface area contributed by atoms with Crippen LogP contribution in [0.4, 0.5) is 5.13 Å². The Bertz CT molecular complexity index is 595. The van der Waals surface area contributed by atoms with Gasteiger partial charge in [-0.15, -0.1) is 21.5 Å². The van der Waals surface area contributed by atoms with Gasteiger partial charge < -0.3 is 5.73 Å². The lowest BCUT2D eigenvalue weighted by atomic mass is 10.3. The summed E-state index contributed by atoms with van der Waals surface area (Å²) in [5.41, 5.74) is 6.58. The van der Waals surface area contributed by atoms with Crippen molar-refractivity contribution in [3.05, 3.63) is 34.3 Å². The van der Waals surface area contributed by atoms with Crippen LogP contribution in [0.15, 0.2) is 24.3 Å². The van der Waals surface area contributed by atoms with Gasteiger partial charge in [-0.1, -0.05) is 23.5 Å². The number of nitrogen functional groups attached to an aromatic ring is 1. The minimum Gasteiger partial charge on any atom is -0.374 e. The van der Waals surface area contributed by atoms with E-state index in [1.54, 1.807) is 11.3 Å². The van der Waals surface area contributed by atoms with Gasteiger partial charge in [0, 0.05) is 0 Å². The Morgan fingerprint density at radius 2 is 1.94 bits per heavy atom. The van der Waals surface area contributed by atoms with E-state index >= 15 is 0 Å². The van der Waals surface area contributed by atoms with Crippen LogP contribution in [0.5, 0.6) is 0 Å². The number of rotatable bonds is 2. The third-order valence-corrected chi connectivity index (χ3v) is 3.91. The molecule has 1 aromatic carbocycles. The van der Waals surface area contributed by atoms with Gasteiger partial charge in [-0.2, -0.15) is 0 Å². The molecule has 0 unspecified atom stereocenters. The number of hydrogen-bond acceptors (Lipinski definition) is 6. The number of para-hydroxylation sites is 1. The molecule has 0 radical (unpaired) electrons. The quantitative estimate of drug-likeness (QED) is 0.756. The minimum atomic E-state index is 0.510. The number of fused-ring (bicyclic) bond motifs is 1. The summed E-state index contributed by atoms with van der Waals surface area (Å²) in [6.45, 7) is 0. The first-order valence-electron chi connectivity index (χ1n) is 4.73. The first kappa shape index (κ1) is 9.68. The topological polar surface area (TPSA) is 64.7 Å². The molecular formula is C10H8N4S2. The second-order valence-corrected chi connectivity index (χ2v) is 5.49. The molecule has 2 N–H and O–H groups in total. The van der Waals surface area contributed by atoms with Crippen molar-refractivity contribution in [2.45, 2.75) is 6.42 Å². The van der Waals surface area contributed by atoms with Gasteiger partial charge in [0.1, 0.15) is 10.0 Å². The average Bonchev–Trinajstić information content (AvgIpc) is 2.84. The van der Waals surface area contributed by atoms with Crippen LogP contribution < -0.4 is 5.73 Å². The van der Waals surface area contributed by atoms with Crippen LogP contribution in [0.3, 0.4) is 0 Å². The number of nitrogens with two attached hydrogens (primary N) is 1. The maximum absolute atomic E-state index is 5.54. The summed E-state index contributed by atoms with van der Waals surface area (Å²) in [6, 6.07) is 8.11. The molecule has 0 aliphatic carbocycles. The summed E-state index contributed by atoms with van der Waals surface area (Å²) in [5.74, 6) is 0. The molecule has 0 bridgehead atoms. The Kier molecular flexibility index (Phi) is 2.30. The van der Waals surface area contributed by atoms with E-state index < -0.39 is 0 Å². The van der Waals surface area contributed by atoms with Crippen molar-refractivity contribution >= 4 is 38.0 Å². The fourth-order valence-corrected chi connectivity index (χ4v) is 3.14. The number of benzene rings is 1. The Balaban J connectivity index is 1.95. The maximum atomic E-state index is 5.54. The molecule has 4 nitrogen and oxygen atoms in total. The van der Waals surface area contributed by atoms with Gasteiger partial charge in [0.25, 0.3) is 0 Å². The predicted molar refractivity (Wildman–Crippen MR) is 66.7 cm³/mol. The normalized spacial score (nSPS) is 11.0. The molecule has 16 heavy (non-hydrogen) atoms. The zero-order valence-corrected chi connectivity index (χ0v) is 9.88. The van der Waals surface area contributed by atoms with Crippen LogP contribution in [0.2, 0.25) is 0 Å². The summed E-state index contributed by atoms with van der Waals surface area (Å²) in [5, 5.41) is 10.3. The molecule has 0 atom stereocenters. The molecule has 0 aliphatic heterocycles. The van der Waals surface area contributed by atoms with Crippen molar-refractivity contribution in [3.8, 4) is 0 Å². The lowest BCUT2D eigenvalue weighted by Gasteiger charge is -1.86. The molecule has 3 rings (SSSR count). The highest BCUT2D eigenvalue weighted by atomic mass is 32.1. The van der Waals surface area contributed by atoms with Crippen molar-refractivity contribution in [3.63, 3.8) is 0 Å². The summed E-state index contributed by atoms with van der Waals surface area (Å²) >= 11 is 3.10. The number of anilines is 1. The van der Waals surface area contributed by atoms with Gasteiger partial charge in [-0.3, -0.25) is 0 Å². The number of nitrogens with zero attached hydrogens (tertiary/aromatic N) is 3. The monoisotopic (exact) mass is 248 g/mol. The molecule has 80 valence electrons. The maximum Gasteiger partial charge on any atom is 0.203 e. The van der Waals surface area contributed by atoms with Crippen LogP contribution >= 0.6 is 22.7 Å². The molecule has 0 saturated carbocycles. The summed E-state index contributed by atoms with van der Waals surface area (Å²) < 4.78 is 1.20. The van der Waals surface area contributed by atoms with Crippen molar-refractivity contribution in [2.75, 3.05) is 5.73 Å². The van der Waals surface area contributed by atoms with E-state index in [-0.39, 0.29) is 0 Å². The first-order chi connectivity index (χ1) is 7.81. The van der Waals surface area contributed by atoms with Crippen molar-refractivity contribution in [1.82, 2.24) is 15.2 Å². The highest BCUT2D eigenvalue weighted by Crippen LogP contribution is 2.24. The van der Waals surface area contributed by atoms with E-state index in [0.717, 1.165) is 15.5 Å². The zero-order valence-electron chi connectivity index (χ0n) is 8.25. The SMILES string of the molecule is Nc1nnc(Cc2nc3ccccc3s2)s1. The Labute approximate surface area is 99.8 Å². The summed E-state index contributed by atoms with van der Waals surface area (Å²) in [4.78, 5) is 4.53. The van der Waals surface area contributed by atoms with Gasteiger partial charge >= 0.3 is 0 Å². The third-order valence-electron chi connectivity index (χ3n) is 2.12. The third kappa shape index (κ3) is 1.77. The van der Waals surface area contributed by atoms with Crippen LogP contribution in [-0.4, -0.2) is 15.2 Å². The molecule has 2 aromatic heterocycles. The predicted octanol–water partition coefficient (Wildman–Crippen LogP) is 2.32. The molecule has 0 amide bonds. The van der Waals surface area contributed by atoms with E-state index in [1.807, 2.05) is 18.2 Å². The highest BCUT2D eigenvalue weighted by molar-refractivity contribution is 7.19. The minimum absolute atomic E-state index is 0.510. The number of hydrogen-bond donors (Lipinski definition) is 1. The van der Waals surface area contributed by atoms with Gasteiger partial charge in [0.15, 0.2) is 0 Å². The van der Waals surface area contributed by atoms with E-state index in [9.17, 15) is 0 Å². The fourth-order valence-electron chi connectivity index (χ4n) is 1.46. The molecule has 0 fully saturated rings. The average molecular weight is 248 g/mol. The molecule has 0 spiro atoms. The summed E-state index contributed by atoms with van der Waals surface area (Å²) in [6.07, 6.45) is 0.716. The van der Waals surface area contributed by atoms with Gasteiger partial charge in [0.2, 0.25) is 5.13 Å². The standard InChI is InChI=1S/C10H8N4S2/c11-10-14-13-9(16-10)5-8-12-6-3-1-2-4-7(6)15-8/h1-4H,5H2,(H2,11,14). The molecule has 6 heteroatoms. The largest absolute Gasteiger partial charge is 0.374 e. The number of aromatic nitrogens is 3. The lowest BCUT2D eigenvalue weighted by molar-refractivity contribution is 1.00. The molecular weight excluding hydrogens is 240 g/mol. The fraction of sp³-hybridized carbons (Fsp3) is 0.100. The van der Waals surface area contributed by atoms with E-state index in [1.165, 1.54) is 16.0 Å². The van der Waals surface area contributed by atoms with Crippen molar-refractivity contribution < 1.29 is 0 Å². The second kappa shape index (κ2) is 3.80. The van der Waals surface area contributed by atoms with E-state index in [0.29, 0.717) is 11.6 Å². The van der Waals surface area contributed by atoms with Crippen molar-refractivity contribution in [2.24, 2.45) is 0 Å². The lowest BCUT2D eigenvalue weighted by Crippen LogP contribution is -1.85. The highest BCUT2D eigenvalue weighted by Gasteiger charge is 2.07. The molecule has 2 heterocycles. The van der Waals surface area contributed by atoms with Crippen LogP contribution in [-0.2, 0) is 6.42 Å². The van der Waals surface area contributed by atoms with E-state index in [4.69, 9.17) is 5.73 Å². The first-order valence-corrected chi connectivity index (χ1v) is 6.37. The van der Waals surface area contributed by atoms with Crippen LogP contribution in [0.1, 0.15) is 10.0 Å². The molecule has 3 aromatic rings. The van der Waals surface area contributed by atoms with E-state index in [2.05, 4.69) is 21.2 Å². The Morgan fingerprint density at radius 3 is 2.69 bits per heavy atom. The zero-order chi connectivity index (χ0) is 11.0. The second-order valence-electron chi connectivity index (χ2n) is 3.29. The smallest absolute Gasteiger partial charge is 0.203 e.